The highest BCUT2D eigenvalue weighted by molar-refractivity contribution is 6.10. The van der Waals surface area contributed by atoms with Crippen molar-refractivity contribution in [3.8, 4) is 0 Å². The first-order valence-corrected chi connectivity index (χ1v) is 6.88. The molecule has 0 bridgehead atoms. The lowest BCUT2D eigenvalue weighted by Gasteiger charge is -2.14. The van der Waals surface area contributed by atoms with E-state index < -0.39 is 0 Å². The molecule has 5 nitrogen and oxygen atoms in total. The molecule has 3 heterocycles. The minimum Gasteiger partial charge on any atom is -0.383 e. The van der Waals surface area contributed by atoms with Crippen molar-refractivity contribution in [3.63, 3.8) is 0 Å². The van der Waals surface area contributed by atoms with E-state index in [1.807, 2.05) is 12.1 Å². The number of anilines is 1. The van der Waals surface area contributed by atoms with Crippen LogP contribution in [0.4, 0.5) is 5.82 Å². The molecule has 0 aromatic carbocycles. The van der Waals surface area contributed by atoms with Crippen molar-refractivity contribution in [3.05, 3.63) is 59.6 Å². The summed E-state index contributed by atoms with van der Waals surface area (Å²) in [6.45, 7) is 1.77. The molecular weight excluding hydrogens is 264 g/mol. The van der Waals surface area contributed by atoms with Crippen LogP contribution in [0, 0.1) is 0 Å². The second-order valence-electron chi connectivity index (χ2n) is 4.86. The molecule has 0 spiro atoms. The normalized spacial score (nSPS) is 14.6. The van der Waals surface area contributed by atoms with Crippen LogP contribution in [0.2, 0.25) is 0 Å². The molecule has 1 aliphatic heterocycles. The molecule has 106 valence electrons. The molecule has 0 radical (unpaired) electrons. The van der Waals surface area contributed by atoms with Gasteiger partial charge in [-0.1, -0.05) is 12.1 Å². The lowest BCUT2D eigenvalue weighted by Crippen LogP contribution is -2.20. The molecule has 0 aliphatic carbocycles. The third-order valence-electron chi connectivity index (χ3n) is 3.46. The molecular formula is C16H16N4O. The van der Waals surface area contributed by atoms with Gasteiger partial charge in [0, 0.05) is 12.7 Å². The Bertz CT molecular complexity index is 709. The van der Waals surface area contributed by atoms with Gasteiger partial charge < -0.3 is 11.1 Å². The van der Waals surface area contributed by atoms with Gasteiger partial charge in [-0.15, -0.1) is 0 Å². The zero-order valence-corrected chi connectivity index (χ0v) is 11.5. The predicted molar refractivity (Wildman–Crippen MR) is 81.8 cm³/mol. The summed E-state index contributed by atoms with van der Waals surface area (Å²) in [4.78, 5) is 20.9. The summed E-state index contributed by atoms with van der Waals surface area (Å²) in [6.07, 6.45) is 4.59. The predicted octanol–water partition coefficient (Wildman–Crippen LogP) is 1.67. The van der Waals surface area contributed by atoms with Gasteiger partial charge in [0.25, 0.3) is 0 Å². The lowest BCUT2D eigenvalue weighted by molar-refractivity contribution is 0.103. The summed E-state index contributed by atoms with van der Waals surface area (Å²) < 4.78 is 0. The maximum Gasteiger partial charge on any atom is 0.215 e. The van der Waals surface area contributed by atoms with Crippen molar-refractivity contribution < 1.29 is 4.79 Å². The SMILES string of the molecule is Nc1ncccc1C(=O)c1cccc(C2=CCNCC2)n1. The van der Waals surface area contributed by atoms with Crippen molar-refractivity contribution in [1.82, 2.24) is 15.3 Å². The molecule has 0 atom stereocenters. The fourth-order valence-electron chi connectivity index (χ4n) is 2.34. The zero-order chi connectivity index (χ0) is 14.7. The monoisotopic (exact) mass is 280 g/mol. The minimum atomic E-state index is -0.197. The van der Waals surface area contributed by atoms with E-state index >= 15 is 0 Å². The molecule has 2 aromatic heterocycles. The molecule has 0 fully saturated rings. The van der Waals surface area contributed by atoms with Crippen LogP contribution in [-0.2, 0) is 0 Å². The van der Waals surface area contributed by atoms with E-state index in [9.17, 15) is 4.79 Å². The van der Waals surface area contributed by atoms with Gasteiger partial charge in [-0.25, -0.2) is 9.97 Å². The highest BCUT2D eigenvalue weighted by Crippen LogP contribution is 2.19. The molecule has 21 heavy (non-hydrogen) atoms. The van der Waals surface area contributed by atoms with Gasteiger partial charge in [0.1, 0.15) is 11.5 Å². The van der Waals surface area contributed by atoms with Crippen LogP contribution >= 0.6 is 0 Å². The van der Waals surface area contributed by atoms with Crippen molar-refractivity contribution in [2.24, 2.45) is 0 Å². The molecule has 0 saturated carbocycles. The van der Waals surface area contributed by atoms with Gasteiger partial charge in [-0.05, 0) is 42.8 Å². The number of aromatic nitrogens is 2. The number of nitrogens with two attached hydrogens (primary N) is 1. The Morgan fingerprint density at radius 3 is 2.90 bits per heavy atom. The van der Waals surface area contributed by atoms with E-state index in [0.29, 0.717) is 11.3 Å². The highest BCUT2D eigenvalue weighted by atomic mass is 16.1. The van der Waals surface area contributed by atoms with Crippen molar-refractivity contribution in [1.29, 1.82) is 0 Å². The van der Waals surface area contributed by atoms with Crippen LogP contribution in [0.3, 0.4) is 0 Å². The van der Waals surface area contributed by atoms with Crippen LogP contribution in [0.15, 0.2) is 42.6 Å². The number of carbonyl (C=O) groups is 1. The van der Waals surface area contributed by atoms with Gasteiger partial charge in [-0.3, -0.25) is 4.79 Å². The van der Waals surface area contributed by atoms with Crippen LogP contribution in [0.1, 0.15) is 28.2 Å². The first kappa shape index (κ1) is 13.5. The van der Waals surface area contributed by atoms with Gasteiger partial charge in [0.2, 0.25) is 5.78 Å². The standard InChI is InChI=1S/C16H16N4O/c17-16-12(3-2-8-19-16)15(21)14-5-1-4-13(20-14)11-6-9-18-10-7-11/h1-6,8,18H,7,9-10H2,(H2,17,19). The lowest BCUT2D eigenvalue weighted by atomic mass is 10.0. The quantitative estimate of drug-likeness (QED) is 0.836. The topological polar surface area (TPSA) is 80.9 Å². The summed E-state index contributed by atoms with van der Waals surface area (Å²) in [5, 5.41) is 3.26. The molecule has 1 aliphatic rings. The Morgan fingerprint density at radius 1 is 1.24 bits per heavy atom. The number of ketones is 1. The van der Waals surface area contributed by atoms with Gasteiger partial charge in [0.15, 0.2) is 0 Å². The van der Waals surface area contributed by atoms with Crippen molar-refractivity contribution in [2.75, 3.05) is 18.8 Å². The molecule has 3 N–H and O–H groups in total. The molecule has 0 saturated heterocycles. The summed E-state index contributed by atoms with van der Waals surface area (Å²) in [6, 6.07) is 8.86. The number of pyridine rings is 2. The number of nitrogens with one attached hydrogen (secondary N) is 1. The van der Waals surface area contributed by atoms with Gasteiger partial charge in [-0.2, -0.15) is 0 Å². The largest absolute Gasteiger partial charge is 0.383 e. The third kappa shape index (κ3) is 2.83. The van der Waals surface area contributed by atoms with Crippen LogP contribution in [0.5, 0.6) is 0 Å². The number of carbonyl (C=O) groups excluding carboxylic acids is 1. The molecule has 3 rings (SSSR count). The summed E-state index contributed by atoms with van der Waals surface area (Å²) in [5.74, 6) is 0.0350. The van der Waals surface area contributed by atoms with E-state index in [-0.39, 0.29) is 11.6 Å². The van der Waals surface area contributed by atoms with E-state index in [0.717, 1.165) is 25.2 Å². The maximum atomic E-state index is 12.5. The number of nitrogens with zero attached hydrogens (tertiary/aromatic N) is 2. The number of nitrogen functional groups attached to an aromatic ring is 1. The molecule has 0 unspecified atom stereocenters. The smallest absolute Gasteiger partial charge is 0.215 e. The van der Waals surface area contributed by atoms with E-state index in [1.54, 1.807) is 24.4 Å². The Balaban J connectivity index is 1.94. The highest BCUT2D eigenvalue weighted by Gasteiger charge is 2.15. The maximum absolute atomic E-state index is 12.5. The van der Waals surface area contributed by atoms with Crippen LogP contribution in [-0.4, -0.2) is 28.8 Å². The van der Waals surface area contributed by atoms with Gasteiger partial charge >= 0.3 is 0 Å². The Morgan fingerprint density at radius 2 is 2.14 bits per heavy atom. The fourth-order valence-corrected chi connectivity index (χ4v) is 2.34. The van der Waals surface area contributed by atoms with Crippen molar-refractivity contribution >= 4 is 17.2 Å². The first-order valence-electron chi connectivity index (χ1n) is 6.88. The van der Waals surface area contributed by atoms with E-state index in [4.69, 9.17) is 5.73 Å². The van der Waals surface area contributed by atoms with Crippen LogP contribution < -0.4 is 11.1 Å². The third-order valence-corrected chi connectivity index (χ3v) is 3.46. The number of hydrogen-bond acceptors (Lipinski definition) is 5. The summed E-state index contributed by atoms with van der Waals surface area (Å²) in [7, 11) is 0. The number of hydrogen-bond donors (Lipinski definition) is 2. The first-order chi connectivity index (χ1) is 10.3. The van der Waals surface area contributed by atoms with Crippen LogP contribution in [0.25, 0.3) is 5.57 Å². The van der Waals surface area contributed by atoms with E-state index in [1.165, 1.54) is 5.57 Å². The van der Waals surface area contributed by atoms with E-state index in [2.05, 4.69) is 21.4 Å². The second-order valence-corrected chi connectivity index (χ2v) is 4.86. The second kappa shape index (κ2) is 5.85. The Labute approximate surface area is 122 Å². The molecule has 5 heteroatoms. The molecule has 0 amide bonds. The average Bonchev–Trinajstić information content (AvgIpc) is 2.56. The average molecular weight is 280 g/mol. The molecule has 2 aromatic rings. The number of rotatable bonds is 3. The Kier molecular flexibility index (Phi) is 3.75. The minimum absolute atomic E-state index is 0.197. The van der Waals surface area contributed by atoms with Gasteiger partial charge in [0.05, 0.1) is 11.3 Å². The summed E-state index contributed by atoms with van der Waals surface area (Å²) in [5.41, 5.74) is 8.57. The fraction of sp³-hybridized carbons (Fsp3) is 0.188. The van der Waals surface area contributed by atoms with Crippen molar-refractivity contribution in [2.45, 2.75) is 6.42 Å². The summed E-state index contributed by atoms with van der Waals surface area (Å²) >= 11 is 0. The zero-order valence-electron chi connectivity index (χ0n) is 11.5. The Hall–Kier alpha value is -2.53.